The number of carbonyl (C=O) groups is 2. The third-order valence-electron chi connectivity index (χ3n) is 2.98. The number of unbranched alkanes of at least 4 members (excludes halogenated alkanes) is 2. The SMILES string of the molecule is CCCCC[C@@H]1NC(=O)[C@H](C(C)C)NC1=O. The molecule has 2 atom stereocenters. The molecule has 0 spiro atoms. The van der Waals surface area contributed by atoms with Gasteiger partial charge in [0.15, 0.2) is 0 Å². The molecule has 1 rings (SSSR count). The highest BCUT2D eigenvalue weighted by molar-refractivity contribution is 5.97. The van der Waals surface area contributed by atoms with Crippen LogP contribution in [0.3, 0.4) is 0 Å². The van der Waals surface area contributed by atoms with E-state index in [0.717, 1.165) is 25.7 Å². The van der Waals surface area contributed by atoms with Crippen LogP contribution >= 0.6 is 0 Å². The summed E-state index contributed by atoms with van der Waals surface area (Å²) in [6, 6.07) is -0.691. The molecule has 92 valence electrons. The van der Waals surface area contributed by atoms with E-state index in [9.17, 15) is 9.59 Å². The third kappa shape index (κ3) is 3.22. The zero-order chi connectivity index (χ0) is 12.1. The summed E-state index contributed by atoms with van der Waals surface area (Å²) in [6.07, 6.45) is 3.96. The summed E-state index contributed by atoms with van der Waals surface area (Å²) in [7, 11) is 0. The molecule has 0 aromatic rings. The first-order chi connectivity index (χ1) is 7.56. The van der Waals surface area contributed by atoms with E-state index in [2.05, 4.69) is 17.6 Å². The first kappa shape index (κ1) is 13.0. The second-order valence-corrected chi connectivity index (χ2v) is 4.79. The van der Waals surface area contributed by atoms with Gasteiger partial charge in [0.2, 0.25) is 11.8 Å². The lowest BCUT2D eigenvalue weighted by Crippen LogP contribution is -2.63. The monoisotopic (exact) mass is 226 g/mol. The van der Waals surface area contributed by atoms with Crippen LogP contribution in [0.5, 0.6) is 0 Å². The molecule has 1 aliphatic heterocycles. The van der Waals surface area contributed by atoms with Crippen LogP contribution in [0.25, 0.3) is 0 Å². The molecule has 0 unspecified atom stereocenters. The lowest BCUT2D eigenvalue weighted by Gasteiger charge is -2.31. The smallest absolute Gasteiger partial charge is 0.243 e. The Morgan fingerprint density at radius 3 is 2.38 bits per heavy atom. The van der Waals surface area contributed by atoms with Crippen LogP contribution in [0, 0.1) is 5.92 Å². The Labute approximate surface area is 97.2 Å². The van der Waals surface area contributed by atoms with Crippen molar-refractivity contribution in [2.75, 3.05) is 0 Å². The van der Waals surface area contributed by atoms with Gasteiger partial charge in [0.05, 0.1) is 0 Å². The standard InChI is InChI=1S/C12H22N2O2/c1-4-5-6-7-9-11(15)14-10(8(2)3)12(16)13-9/h8-10H,4-7H2,1-3H3,(H,13,16)(H,14,15)/t9-,10-/m0/s1. The number of nitrogens with one attached hydrogen (secondary N) is 2. The van der Waals surface area contributed by atoms with E-state index in [0.29, 0.717) is 0 Å². The molecule has 2 amide bonds. The first-order valence-corrected chi connectivity index (χ1v) is 6.17. The molecule has 1 aliphatic rings. The van der Waals surface area contributed by atoms with Crippen molar-refractivity contribution in [2.45, 2.75) is 58.5 Å². The van der Waals surface area contributed by atoms with Gasteiger partial charge in [-0.05, 0) is 12.3 Å². The highest BCUT2D eigenvalue weighted by Crippen LogP contribution is 2.11. The maximum Gasteiger partial charge on any atom is 0.243 e. The molecule has 1 saturated heterocycles. The lowest BCUT2D eigenvalue weighted by atomic mass is 9.98. The van der Waals surface area contributed by atoms with E-state index in [4.69, 9.17) is 0 Å². The molecule has 4 heteroatoms. The molecule has 0 radical (unpaired) electrons. The molecule has 0 aliphatic carbocycles. The minimum Gasteiger partial charge on any atom is -0.343 e. The number of hydrogen-bond acceptors (Lipinski definition) is 2. The van der Waals surface area contributed by atoms with Gasteiger partial charge in [-0.2, -0.15) is 0 Å². The minimum atomic E-state index is -0.366. The Hall–Kier alpha value is -1.06. The van der Waals surface area contributed by atoms with Gasteiger partial charge in [0, 0.05) is 0 Å². The largest absolute Gasteiger partial charge is 0.343 e. The van der Waals surface area contributed by atoms with Gasteiger partial charge >= 0.3 is 0 Å². The lowest BCUT2D eigenvalue weighted by molar-refractivity contribution is -0.138. The maximum atomic E-state index is 11.7. The van der Waals surface area contributed by atoms with E-state index in [1.54, 1.807) is 0 Å². The van der Waals surface area contributed by atoms with Gasteiger partial charge in [-0.1, -0.05) is 40.0 Å². The molecule has 16 heavy (non-hydrogen) atoms. The molecule has 0 aromatic heterocycles. The number of amides is 2. The fraction of sp³-hybridized carbons (Fsp3) is 0.833. The van der Waals surface area contributed by atoms with E-state index in [-0.39, 0.29) is 29.8 Å². The van der Waals surface area contributed by atoms with Crippen molar-refractivity contribution in [2.24, 2.45) is 5.92 Å². The van der Waals surface area contributed by atoms with Crippen molar-refractivity contribution < 1.29 is 9.59 Å². The van der Waals surface area contributed by atoms with Gasteiger partial charge < -0.3 is 10.6 Å². The molecule has 1 heterocycles. The summed E-state index contributed by atoms with van der Waals surface area (Å²) < 4.78 is 0. The van der Waals surface area contributed by atoms with Crippen molar-refractivity contribution in [3.8, 4) is 0 Å². The van der Waals surface area contributed by atoms with Crippen molar-refractivity contribution in [3.05, 3.63) is 0 Å². The number of hydrogen-bond donors (Lipinski definition) is 2. The Morgan fingerprint density at radius 1 is 1.12 bits per heavy atom. The number of rotatable bonds is 5. The van der Waals surface area contributed by atoms with Crippen molar-refractivity contribution in [3.63, 3.8) is 0 Å². The molecule has 0 saturated carbocycles. The zero-order valence-electron chi connectivity index (χ0n) is 10.4. The molecular formula is C12H22N2O2. The minimum absolute atomic E-state index is 0.0330. The normalized spacial score (nSPS) is 25.5. The van der Waals surface area contributed by atoms with E-state index < -0.39 is 0 Å². The molecule has 2 N–H and O–H groups in total. The van der Waals surface area contributed by atoms with Gasteiger partial charge in [0.1, 0.15) is 12.1 Å². The highest BCUT2D eigenvalue weighted by atomic mass is 16.2. The topological polar surface area (TPSA) is 58.2 Å². The molecule has 1 fully saturated rings. The number of carbonyl (C=O) groups excluding carboxylic acids is 2. The maximum absolute atomic E-state index is 11.7. The zero-order valence-corrected chi connectivity index (χ0v) is 10.4. The first-order valence-electron chi connectivity index (χ1n) is 6.17. The molecule has 0 aromatic carbocycles. The van der Waals surface area contributed by atoms with Crippen LogP contribution in [0.4, 0.5) is 0 Å². The Bertz CT molecular complexity index is 264. The van der Waals surface area contributed by atoms with Gasteiger partial charge in [-0.3, -0.25) is 9.59 Å². The molecule has 0 bridgehead atoms. The summed E-state index contributed by atoms with van der Waals surface area (Å²) in [5.41, 5.74) is 0. The number of piperazine rings is 1. The van der Waals surface area contributed by atoms with Crippen LogP contribution in [-0.4, -0.2) is 23.9 Å². The van der Waals surface area contributed by atoms with Gasteiger partial charge in [-0.25, -0.2) is 0 Å². The fourth-order valence-corrected chi connectivity index (χ4v) is 1.92. The molecule has 4 nitrogen and oxygen atoms in total. The average Bonchev–Trinajstić information content (AvgIpc) is 2.22. The van der Waals surface area contributed by atoms with Gasteiger partial charge in [0.25, 0.3) is 0 Å². The van der Waals surface area contributed by atoms with E-state index in [1.807, 2.05) is 13.8 Å². The predicted octanol–water partition coefficient (Wildman–Crippen LogP) is 1.21. The Kier molecular flexibility index (Phi) is 4.77. The second-order valence-electron chi connectivity index (χ2n) is 4.79. The van der Waals surface area contributed by atoms with Crippen molar-refractivity contribution >= 4 is 11.8 Å². The van der Waals surface area contributed by atoms with E-state index >= 15 is 0 Å². The van der Waals surface area contributed by atoms with E-state index in [1.165, 1.54) is 0 Å². The second kappa shape index (κ2) is 5.87. The van der Waals surface area contributed by atoms with Crippen molar-refractivity contribution in [1.29, 1.82) is 0 Å². The third-order valence-corrected chi connectivity index (χ3v) is 2.98. The van der Waals surface area contributed by atoms with Crippen LogP contribution < -0.4 is 10.6 Å². The summed E-state index contributed by atoms with van der Waals surface area (Å²) in [6.45, 7) is 5.98. The predicted molar refractivity (Wildman–Crippen MR) is 62.8 cm³/mol. The summed E-state index contributed by atoms with van der Waals surface area (Å²) in [5.74, 6) is 0.0612. The van der Waals surface area contributed by atoms with Crippen LogP contribution in [0.1, 0.15) is 46.5 Å². The summed E-state index contributed by atoms with van der Waals surface area (Å²) in [4.78, 5) is 23.4. The summed E-state index contributed by atoms with van der Waals surface area (Å²) in [5, 5.41) is 5.60. The average molecular weight is 226 g/mol. The highest BCUT2D eigenvalue weighted by Gasteiger charge is 2.34. The van der Waals surface area contributed by atoms with Crippen LogP contribution in [0.15, 0.2) is 0 Å². The molecular weight excluding hydrogens is 204 g/mol. The Morgan fingerprint density at radius 2 is 1.81 bits per heavy atom. The van der Waals surface area contributed by atoms with Crippen molar-refractivity contribution in [1.82, 2.24) is 10.6 Å². The quantitative estimate of drug-likeness (QED) is 0.692. The summed E-state index contributed by atoms with van der Waals surface area (Å²) >= 11 is 0. The Balaban J connectivity index is 2.47. The van der Waals surface area contributed by atoms with Crippen LogP contribution in [-0.2, 0) is 9.59 Å². The fourth-order valence-electron chi connectivity index (χ4n) is 1.92. The van der Waals surface area contributed by atoms with Gasteiger partial charge in [-0.15, -0.1) is 0 Å². The van der Waals surface area contributed by atoms with Crippen LogP contribution in [0.2, 0.25) is 0 Å².